The van der Waals surface area contributed by atoms with Crippen LogP contribution in [0.25, 0.3) is 0 Å². The normalized spacial score (nSPS) is 20.8. The van der Waals surface area contributed by atoms with Gasteiger partial charge in [-0.1, -0.05) is 17.3 Å². The molecule has 0 unspecified atom stereocenters. The molecule has 1 fully saturated rings. The summed E-state index contributed by atoms with van der Waals surface area (Å²) >= 11 is 0. The highest BCUT2D eigenvalue weighted by Gasteiger charge is 2.22. The standard InChI is InChI=1S/C20H28N4O2/c1-15-21-20(22-26-15)14-23(2)18-4-3-9-24(10-7-18)13-16-5-6-19-17(12-16)8-11-25-19/h5-6,12,18H,3-4,7-11,13-14H2,1-2H3/t18-/m0/s1. The van der Waals surface area contributed by atoms with Gasteiger partial charge in [-0.2, -0.15) is 4.98 Å². The lowest BCUT2D eigenvalue weighted by Crippen LogP contribution is -2.33. The largest absolute Gasteiger partial charge is 0.493 e. The maximum atomic E-state index is 5.62. The second kappa shape index (κ2) is 7.76. The maximum Gasteiger partial charge on any atom is 0.223 e. The van der Waals surface area contributed by atoms with Gasteiger partial charge in [0.15, 0.2) is 5.82 Å². The Hall–Kier alpha value is -1.92. The van der Waals surface area contributed by atoms with Crippen LogP contribution >= 0.6 is 0 Å². The highest BCUT2D eigenvalue weighted by molar-refractivity contribution is 5.39. The summed E-state index contributed by atoms with van der Waals surface area (Å²) in [6.45, 7) is 6.76. The number of hydrogen-bond donors (Lipinski definition) is 0. The molecule has 3 heterocycles. The summed E-state index contributed by atoms with van der Waals surface area (Å²) < 4.78 is 10.7. The zero-order valence-corrected chi connectivity index (χ0v) is 15.8. The molecule has 26 heavy (non-hydrogen) atoms. The molecule has 1 atom stereocenters. The van der Waals surface area contributed by atoms with E-state index in [9.17, 15) is 0 Å². The third kappa shape index (κ3) is 4.07. The van der Waals surface area contributed by atoms with Crippen molar-refractivity contribution in [1.29, 1.82) is 0 Å². The summed E-state index contributed by atoms with van der Waals surface area (Å²) in [4.78, 5) is 9.29. The summed E-state index contributed by atoms with van der Waals surface area (Å²) in [6, 6.07) is 7.26. The molecule has 6 heteroatoms. The van der Waals surface area contributed by atoms with Gasteiger partial charge in [-0.15, -0.1) is 0 Å². The second-order valence-electron chi connectivity index (χ2n) is 7.55. The predicted molar refractivity (Wildman–Crippen MR) is 99.1 cm³/mol. The third-order valence-corrected chi connectivity index (χ3v) is 5.53. The Bertz CT molecular complexity index is 745. The maximum absolute atomic E-state index is 5.62. The molecule has 4 rings (SSSR count). The van der Waals surface area contributed by atoms with E-state index in [1.165, 1.54) is 36.9 Å². The van der Waals surface area contributed by atoms with Crippen LogP contribution in [-0.4, -0.2) is 52.7 Å². The van der Waals surface area contributed by atoms with E-state index in [2.05, 4.69) is 45.2 Å². The van der Waals surface area contributed by atoms with Crippen molar-refractivity contribution >= 4 is 0 Å². The number of benzene rings is 1. The SMILES string of the molecule is Cc1nc(CN(C)[C@H]2CCCN(Cc3ccc4c(c3)CCO4)CC2)no1. The van der Waals surface area contributed by atoms with E-state index in [1.54, 1.807) is 0 Å². The smallest absolute Gasteiger partial charge is 0.223 e. The molecular formula is C20H28N4O2. The Balaban J connectivity index is 1.31. The van der Waals surface area contributed by atoms with Crippen LogP contribution in [0.15, 0.2) is 22.7 Å². The Morgan fingerprint density at radius 1 is 1.27 bits per heavy atom. The van der Waals surface area contributed by atoms with Gasteiger partial charge in [-0.25, -0.2) is 0 Å². The van der Waals surface area contributed by atoms with Crippen molar-refractivity contribution in [2.45, 2.75) is 51.7 Å². The summed E-state index contributed by atoms with van der Waals surface area (Å²) in [6.07, 6.45) is 4.68. The summed E-state index contributed by atoms with van der Waals surface area (Å²) in [5.41, 5.74) is 2.77. The van der Waals surface area contributed by atoms with Crippen molar-refractivity contribution in [2.75, 3.05) is 26.7 Å². The predicted octanol–water partition coefficient (Wildman–Crippen LogP) is 2.80. The first-order valence-electron chi connectivity index (χ1n) is 9.64. The van der Waals surface area contributed by atoms with Crippen LogP contribution in [0.5, 0.6) is 5.75 Å². The van der Waals surface area contributed by atoms with E-state index in [1.807, 2.05) is 6.92 Å². The van der Waals surface area contributed by atoms with Crippen molar-refractivity contribution in [1.82, 2.24) is 19.9 Å². The van der Waals surface area contributed by atoms with Crippen LogP contribution in [0, 0.1) is 6.92 Å². The van der Waals surface area contributed by atoms with Crippen molar-refractivity contribution in [3.05, 3.63) is 41.0 Å². The number of aryl methyl sites for hydroxylation is 1. The molecule has 1 saturated heterocycles. The highest BCUT2D eigenvalue weighted by Crippen LogP contribution is 2.27. The summed E-state index contributed by atoms with van der Waals surface area (Å²) in [7, 11) is 2.17. The zero-order chi connectivity index (χ0) is 17.9. The fraction of sp³-hybridized carbons (Fsp3) is 0.600. The van der Waals surface area contributed by atoms with E-state index in [-0.39, 0.29) is 0 Å². The number of rotatable bonds is 5. The molecule has 0 bridgehead atoms. The van der Waals surface area contributed by atoms with Gasteiger partial charge in [0.1, 0.15) is 5.75 Å². The molecule has 0 saturated carbocycles. The fourth-order valence-electron chi connectivity index (χ4n) is 4.09. The zero-order valence-electron chi connectivity index (χ0n) is 15.8. The van der Waals surface area contributed by atoms with E-state index in [0.29, 0.717) is 11.9 Å². The molecule has 2 aromatic rings. The van der Waals surface area contributed by atoms with Gasteiger partial charge in [-0.3, -0.25) is 9.80 Å². The molecular weight excluding hydrogens is 328 g/mol. The van der Waals surface area contributed by atoms with E-state index in [4.69, 9.17) is 9.26 Å². The topological polar surface area (TPSA) is 54.6 Å². The number of likely N-dealkylation sites (tertiary alicyclic amines) is 1. The Morgan fingerprint density at radius 2 is 2.19 bits per heavy atom. The van der Waals surface area contributed by atoms with Crippen LogP contribution < -0.4 is 4.74 Å². The van der Waals surface area contributed by atoms with Crippen LogP contribution in [-0.2, 0) is 19.5 Å². The van der Waals surface area contributed by atoms with Crippen molar-refractivity contribution in [2.24, 2.45) is 0 Å². The molecule has 1 aromatic carbocycles. The number of aromatic nitrogens is 2. The first-order chi connectivity index (χ1) is 12.7. The first kappa shape index (κ1) is 17.5. The van der Waals surface area contributed by atoms with Crippen LogP contribution in [0.2, 0.25) is 0 Å². The number of nitrogens with zero attached hydrogens (tertiary/aromatic N) is 4. The van der Waals surface area contributed by atoms with Gasteiger partial charge >= 0.3 is 0 Å². The van der Waals surface area contributed by atoms with Crippen molar-refractivity contribution in [3.8, 4) is 5.75 Å². The Kier molecular flexibility index (Phi) is 5.22. The molecule has 0 spiro atoms. The van der Waals surface area contributed by atoms with Crippen molar-refractivity contribution < 1.29 is 9.26 Å². The van der Waals surface area contributed by atoms with Crippen LogP contribution in [0.4, 0.5) is 0 Å². The van der Waals surface area contributed by atoms with Gasteiger partial charge in [0.2, 0.25) is 5.89 Å². The van der Waals surface area contributed by atoms with Gasteiger partial charge in [0, 0.05) is 25.9 Å². The highest BCUT2D eigenvalue weighted by atomic mass is 16.5. The molecule has 2 aliphatic heterocycles. The third-order valence-electron chi connectivity index (χ3n) is 5.53. The van der Waals surface area contributed by atoms with E-state index in [0.717, 1.165) is 44.2 Å². The van der Waals surface area contributed by atoms with Gasteiger partial charge in [0.25, 0.3) is 0 Å². The average molecular weight is 356 g/mol. The average Bonchev–Trinajstić information content (AvgIpc) is 3.18. The quantitative estimate of drug-likeness (QED) is 0.821. The van der Waals surface area contributed by atoms with E-state index < -0.39 is 0 Å². The molecule has 0 aliphatic carbocycles. The lowest BCUT2D eigenvalue weighted by atomic mass is 10.1. The molecule has 2 aliphatic rings. The van der Waals surface area contributed by atoms with E-state index >= 15 is 0 Å². The number of ether oxygens (including phenoxy) is 1. The molecule has 140 valence electrons. The fourth-order valence-corrected chi connectivity index (χ4v) is 4.09. The minimum atomic E-state index is 0.576. The minimum Gasteiger partial charge on any atom is -0.493 e. The second-order valence-corrected chi connectivity index (χ2v) is 7.55. The molecule has 1 aromatic heterocycles. The molecule has 0 N–H and O–H groups in total. The molecule has 6 nitrogen and oxygen atoms in total. The van der Waals surface area contributed by atoms with Gasteiger partial charge in [0.05, 0.1) is 13.2 Å². The monoisotopic (exact) mass is 356 g/mol. The number of fused-ring (bicyclic) bond motifs is 1. The Morgan fingerprint density at radius 3 is 3.04 bits per heavy atom. The molecule has 0 amide bonds. The van der Waals surface area contributed by atoms with Gasteiger partial charge in [-0.05, 0) is 56.6 Å². The Labute approximate surface area is 155 Å². The minimum absolute atomic E-state index is 0.576. The number of hydrogen-bond acceptors (Lipinski definition) is 6. The lowest BCUT2D eigenvalue weighted by Gasteiger charge is -2.26. The summed E-state index contributed by atoms with van der Waals surface area (Å²) in [5.74, 6) is 2.50. The summed E-state index contributed by atoms with van der Waals surface area (Å²) in [5, 5.41) is 4.02. The van der Waals surface area contributed by atoms with Crippen LogP contribution in [0.3, 0.4) is 0 Å². The van der Waals surface area contributed by atoms with Crippen LogP contribution in [0.1, 0.15) is 42.1 Å². The van der Waals surface area contributed by atoms with Crippen molar-refractivity contribution in [3.63, 3.8) is 0 Å². The first-order valence-corrected chi connectivity index (χ1v) is 9.64. The lowest BCUT2D eigenvalue weighted by molar-refractivity contribution is 0.200. The van der Waals surface area contributed by atoms with Gasteiger partial charge < -0.3 is 9.26 Å². The molecule has 0 radical (unpaired) electrons.